The van der Waals surface area contributed by atoms with Crippen molar-refractivity contribution in [1.29, 1.82) is 0 Å². The Labute approximate surface area is 186 Å². The molecule has 1 amide bonds. The van der Waals surface area contributed by atoms with Crippen LogP contribution in [0.5, 0.6) is 0 Å². The van der Waals surface area contributed by atoms with Crippen LogP contribution < -0.4 is 10.7 Å². The molecule has 0 atom stereocenters. The molecule has 0 fully saturated rings. The van der Waals surface area contributed by atoms with Crippen molar-refractivity contribution in [2.75, 3.05) is 5.32 Å². The summed E-state index contributed by atoms with van der Waals surface area (Å²) in [5.74, 6) is -0.596. The SMILES string of the molecule is CCc1ccc(NC(=O)Cn2cc(C(=O)c3ccc(C)cc3)c(=O)c3ccccc32)cc1. The summed E-state index contributed by atoms with van der Waals surface area (Å²) in [5.41, 5.74) is 3.68. The Balaban J connectivity index is 1.69. The number of aryl methyl sites for hydroxylation is 2. The van der Waals surface area contributed by atoms with E-state index in [4.69, 9.17) is 0 Å². The number of fused-ring (bicyclic) bond motifs is 1. The van der Waals surface area contributed by atoms with Crippen LogP contribution in [0.3, 0.4) is 0 Å². The second-order valence-electron chi connectivity index (χ2n) is 7.81. The molecule has 1 aromatic heterocycles. The van der Waals surface area contributed by atoms with Gasteiger partial charge in [-0.2, -0.15) is 0 Å². The minimum Gasteiger partial charge on any atom is -0.337 e. The summed E-state index contributed by atoms with van der Waals surface area (Å²) in [6.07, 6.45) is 2.42. The van der Waals surface area contributed by atoms with Gasteiger partial charge in [0.15, 0.2) is 5.78 Å². The Morgan fingerprint density at radius 1 is 0.906 bits per heavy atom. The number of rotatable bonds is 6. The van der Waals surface area contributed by atoms with Gasteiger partial charge in [0, 0.05) is 22.8 Å². The number of nitrogens with one attached hydrogen (secondary N) is 1. The van der Waals surface area contributed by atoms with Gasteiger partial charge in [-0.05, 0) is 43.2 Å². The number of carbonyl (C=O) groups excluding carboxylic acids is 2. The lowest BCUT2D eigenvalue weighted by Gasteiger charge is -2.14. The standard InChI is InChI=1S/C27H24N2O3/c1-3-19-10-14-21(15-11-19)28-25(30)17-29-16-23(26(31)20-12-8-18(2)9-13-20)27(32)22-6-4-5-7-24(22)29/h4-16H,3,17H2,1-2H3,(H,28,30). The number of nitrogens with zero attached hydrogens (tertiary/aromatic N) is 1. The van der Waals surface area contributed by atoms with E-state index >= 15 is 0 Å². The third-order valence-corrected chi connectivity index (χ3v) is 5.51. The maximum atomic E-state index is 13.1. The number of hydrogen-bond donors (Lipinski definition) is 1. The zero-order valence-electron chi connectivity index (χ0n) is 18.1. The van der Waals surface area contributed by atoms with E-state index in [1.807, 2.05) is 43.3 Å². The number of anilines is 1. The normalized spacial score (nSPS) is 10.8. The van der Waals surface area contributed by atoms with Crippen LogP contribution in [0.1, 0.15) is 34.0 Å². The summed E-state index contributed by atoms with van der Waals surface area (Å²) < 4.78 is 1.66. The molecular weight excluding hydrogens is 400 g/mol. The fourth-order valence-electron chi connectivity index (χ4n) is 3.68. The molecule has 0 aliphatic heterocycles. The van der Waals surface area contributed by atoms with Crippen molar-refractivity contribution in [2.24, 2.45) is 0 Å². The number of benzene rings is 3. The van der Waals surface area contributed by atoms with Gasteiger partial charge < -0.3 is 9.88 Å². The summed E-state index contributed by atoms with van der Waals surface area (Å²) in [6, 6.07) is 21.8. The highest BCUT2D eigenvalue weighted by atomic mass is 16.2. The number of carbonyl (C=O) groups is 2. The molecule has 32 heavy (non-hydrogen) atoms. The molecule has 160 valence electrons. The van der Waals surface area contributed by atoms with E-state index in [0.29, 0.717) is 22.2 Å². The Kier molecular flexibility index (Phi) is 5.99. The lowest BCUT2D eigenvalue weighted by molar-refractivity contribution is -0.116. The summed E-state index contributed by atoms with van der Waals surface area (Å²) in [7, 11) is 0. The Morgan fingerprint density at radius 2 is 1.59 bits per heavy atom. The van der Waals surface area contributed by atoms with E-state index in [9.17, 15) is 14.4 Å². The minimum absolute atomic E-state index is 0.0233. The average Bonchev–Trinajstić information content (AvgIpc) is 2.81. The highest BCUT2D eigenvalue weighted by Crippen LogP contribution is 2.16. The summed E-state index contributed by atoms with van der Waals surface area (Å²) >= 11 is 0. The van der Waals surface area contributed by atoms with Gasteiger partial charge in [0.05, 0.1) is 11.1 Å². The number of para-hydroxylation sites is 1. The Morgan fingerprint density at radius 3 is 2.28 bits per heavy atom. The lowest BCUT2D eigenvalue weighted by atomic mass is 10.0. The van der Waals surface area contributed by atoms with Crippen LogP contribution in [0.2, 0.25) is 0 Å². The van der Waals surface area contributed by atoms with Gasteiger partial charge in [0.1, 0.15) is 6.54 Å². The molecule has 5 nitrogen and oxygen atoms in total. The summed E-state index contributed by atoms with van der Waals surface area (Å²) in [6.45, 7) is 3.99. The number of hydrogen-bond acceptors (Lipinski definition) is 3. The predicted octanol–water partition coefficient (Wildman–Crippen LogP) is 4.74. The number of ketones is 1. The minimum atomic E-state index is -0.356. The van der Waals surface area contributed by atoms with Gasteiger partial charge in [0.2, 0.25) is 11.3 Å². The molecular formula is C27H24N2O3. The van der Waals surface area contributed by atoms with Gasteiger partial charge in [-0.15, -0.1) is 0 Å². The molecule has 0 spiro atoms. The van der Waals surface area contributed by atoms with Crippen LogP contribution in [0.4, 0.5) is 5.69 Å². The fraction of sp³-hybridized carbons (Fsp3) is 0.148. The highest BCUT2D eigenvalue weighted by molar-refractivity contribution is 6.10. The molecule has 4 aromatic rings. The third kappa shape index (κ3) is 4.37. The first-order chi connectivity index (χ1) is 15.5. The van der Waals surface area contributed by atoms with E-state index < -0.39 is 0 Å². The lowest BCUT2D eigenvalue weighted by Crippen LogP contribution is -2.24. The highest BCUT2D eigenvalue weighted by Gasteiger charge is 2.18. The molecule has 0 saturated carbocycles. The first kappa shape index (κ1) is 21.2. The number of aromatic nitrogens is 1. The van der Waals surface area contributed by atoms with Crippen LogP contribution in [-0.2, 0) is 17.8 Å². The van der Waals surface area contributed by atoms with Crippen molar-refractivity contribution in [3.8, 4) is 0 Å². The fourth-order valence-corrected chi connectivity index (χ4v) is 3.68. The molecule has 1 heterocycles. The van der Waals surface area contributed by atoms with Gasteiger partial charge in [-0.3, -0.25) is 14.4 Å². The average molecular weight is 425 g/mol. The first-order valence-electron chi connectivity index (χ1n) is 10.6. The van der Waals surface area contributed by atoms with Crippen molar-refractivity contribution in [1.82, 2.24) is 4.57 Å². The summed E-state index contributed by atoms with van der Waals surface area (Å²) in [5, 5.41) is 3.29. The molecule has 0 bridgehead atoms. The van der Waals surface area contributed by atoms with Crippen molar-refractivity contribution < 1.29 is 9.59 Å². The predicted molar refractivity (Wildman–Crippen MR) is 127 cm³/mol. The van der Waals surface area contributed by atoms with E-state index in [0.717, 1.165) is 12.0 Å². The van der Waals surface area contributed by atoms with E-state index in [2.05, 4.69) is 12.2 Å². The zero-order valence-corrected chi connectivity index (χ0v) is 18.1. The molecule has 0 aliphatic carbocycles. The molecule has 5 heteroatoms. The topological polar surface area (TPSA) is 68.2 Å². The molecule has 3 aromatic carbocycles. The van der Waals surface area contributed by atoms with Crippen molar-refractivity contribution >= 4 is 28.3 Å². The van der Waals surface area contributed by atoms with Crippen LogP contribution in [0.25, 0.3) is 10.9 Å². The molecule has 4 rings (SSSR count). The van der Waals surface area contributed by atoms with Gasteiger partial charge in [-0.1, -0.05) is 61.0 Å². The van der Waals surface area contributed by atoms with Crippen molar-refractivity contribution in [3.63, 3.8) is 0 Å². The second-order valence-corrected chi connectivity index (χ2v) is 7.81. The quantitative estimate of drug-likeness (QED) is 0.455. The molecule has 0 radical (unpaired) electrons. The van der Waals surface area contributed by atoms with Crippen LogP contribution in [0.15, 0.2) is 83.8 Å². The van der Waals surface area contributed by atoms with Gasteiger partial charge in [-0.25, -0.2) is 0 Å². The van der Waals surface area contributed by atoms with Gasteiger partial charge >= 0.3 is 0 Å². The van der Waals surface area contributed by atoms with Crippen LogP contribution in [0, 0.1) is 6.92 Å². The second kappa shape index (κ2) is 9.02. The maximum Gasteiger partial charge on any atom is 0.244 e. The molecule has 1 N–H and O–H groups in total. The third-order valence-electron chi connectivity index (χ3n) is 5.51. The van der Waals surface area contributed by atoms with E-state index in [1.54, 1.807) is 41.0 Å². The van der Waals surface area contributed by atoms with Crippen molar-refractivity contribution in [3.05, 3.63) is 111 Å². The van der Waals surface area contributed by atoms with E-state index in [1.165, 1.54) is 11.8 Å². The maximum absolute atomic E-state index is 13.1. The molecule has 0 aliphatic rings. The number of pyridine rings is 1. The summed E-state index contributed by atoms with van der Waals surface area (Å²) in [4.78, 5) is 38.9. The molecule has 0 saturated heterocycles. The molecule has 0 unspecified atom stereocenters. The zero-order chi connectivity index (χ0) is 22.7. The smallest absolute Gasteiger partial charge is 0.244 e. The van der Waals surface area contributed by atoms with Gasteiger partial charge in [0.25, 0.3) is 0 Å². The van der Waals surface area contributed by atoms with Crippen LogP contribution >= 0.6 is 0 Å². The Bertz CT molecular complexity index is 1350. The van der Waals surface area contributed by atoms with E-state index in [-0.39, 0.29) is 29.2 Å². The largest absolute Gasteiger partial charge is 0.337 e. The Hall–Kier alpha value is -3.99. The van der Waals surface area contributed by atoms with Crippen molar-refractivity contribution in [2.45, 2.75) is 26.8 Å². The monoisotopic (exact) mass is 424 g/mol. The first-order valence-corrected chi connectivity index (χ1v) is 10.6. The van der Waals surface area contributed by atoms with Crippen LogP contribution in [-0.4, -0.2) is 16.3 Å². The number of amides is 1.